The number of fused-ring (bicyclic) bond motifs is 12. The third-order valence-electron chi connectivity index (χ3n) is 13.4. The van der Waals surface area contributed by atoms with Gasteiger partial charge in [-0.1, -0.05) is 127 Å². The summed E-state index contributed by atoms with van der Waals surface area (Å²) in [5.41, 5.74) is 12.4. The summed E-state index contributed by atoms with van der Waals surface area (Å²) in [6.07, 6.45) is 14.4. The Hall–Kier alpha value is -8.31. The molecule has 2 aliphatic rings. The Labute approximate surface area is 383 Å². The summed E-state index contributed by atoms with van der Waals surface area (Å²) in [5.74, 6) is 8.56. The number of thiophene rings is 1. The van der Waals surface area contributed by atoms with E-state index in [1.54, 1.807) is 0 Å². The second kappa shape index (κ2) is 14.6. The lowest BCUT2D eigenvalue weighted by Crippen LogP contribution is -2.07. The molecule has 0 aliphatic heterocycles. The van der Waals surface area contributed by atoms with Crippen LogP contribution in [0.4, 0.5) is 0 Å². The Bertz CT molecular complexity index is 4200. The fourth-order valence-corrected chi connectivity index (χ4v) is 11.6. The molecule has 310 valence electrons. The fourth-order valence-electron chi connectivity index (χ4n) is 10.5. The number of allylic oxidation sites excluding steroid dienone is 5. The van der Waals surface area contributed by atoms with E-state index in [1.807, 2.05) is 23.5 Å². The molecule has 66 heavy (non-hydrogen) atoms. The smallest absolute Gasteiger partial charge is 0.167 e. The number of hydrogen-bond acceptors (Lipinski definition) is 5. The van der Waals surface area contributed by atoms with Crippen LogP contribution in [0.25, 0.3) is 126 Å². The molecule has 0 radical (unpaired) electrons. The van der Waals surface area contributed by atoms with Crippen LogP contribution in [-0.2, 0) is 6.42 Å². The number of aromatic nitrogens is 5. The van der Waals surface area contributed by atoms with Gasteiger partial charge in [0.25, 0.3) is 0 Å². The maximum absolute atomic E-state index is 6.64. The van der Waals surface area contributed by atoms with Crippen LogP contribution in [0.2, 0.25) is 0 Å². The molecule has 0 unspecified atom stereocenters. The van der Waals surface area contributed by atoms with E-state index in [0.29, 0.717) is 23.9 Å². The largest absolute Gasteiger partial charge is 0.455 e. The van der Waals surface area contributed by atoms with Crippen molar-refractivity contribution in [3.63, 3.8) is 0 Å². The van der Waals surface area contributed by atoms with Crippen molar-refractivity contribution in [1.29, 1.82) is 0 Å². The maximum atomic E-state index is 6.64. The number of para-hydroxylation sites is 5. The average molecular weight is 864 g/mol. The quantitative estimate of drug-likeness (QED) is 0.162. The molecule has 0 amide bonds. The molecular weight excluding hydrogens is 827 g/mol. The van der Waals surface area contributed by atoms with Crippen LogP contribution in [0.1, 0.15) is 30.5 Å². The van der Waals surface area contributed by atoms with Gasteiger partial charge in [-0.3, -0.25) is 0 Å². The summed E-state index contributed by atoms with van der Waals surface area (Å²) >= 11 is 1.81. The molecule has 0 saturated carbocycles. The number of furan rings is 1. The lowest BCUT2D eigenvalue weighted by molar-refractivity contribution is 0.669. The van der Waals surface area contributed by atoms with Crippen LogP contribution < -0.4 is 0 Å². The van der Waals surface area contributed by atoms with Gasteiger partial charge in [0.05, 0.1) is 27.8 Å². The van der Waals surface area contributed by atoms with Gasteiger partial charge in [0.1, 0.15) is 11.2 Å². The normalized spacial score (nSPS) is 15.1. The first-order chi connectivity index (χ1) is 32.7. The molecule has 0 bridgehead atoms. The standard InChI is InChI=1S/C59H37N5OS/c1-2-4-17-37(18-5-3-1)63-48-28-10-6-20-39(48)43-24-16-30-50(55(43)63)64-49-29-11-7-19-38(49)42-23-14-26-45(54(42)64)58-60-57(36-33-34-53-47(35-36)41-22-9-13-32-52(41)66-53)61-59(62-58)46-27-15-25-44-40-21-8-12-31-51(40)65-56(44)46/h2,4,6-10,12-17,19-28,30-35H,1,11,18,29H2/b4-2-,37-17+. The highest BCUT2D eigenvalue weighted by molar-refractivity contribution is 7.25. The van der Waals surface area contributed by atoms with Crippen molar-refractivity contribution in [3.8, 4) is 51.7 Å². The summed E-state index contributed by atoms with van der Waals surface area (Å²) in [6.45, 7) is 0. The van der Waals surface area contributed by atoms with Crippen molar-refractivity contribution < 1.29 is 4.42 Å². The zero-order chi connectivity index (χ0) is 43.3. The molecule has 5 aromatic heterocycles. The van der Waals surface area contributed by atoms with Crippen LogP contribution in [0.3, 0.4) is 0 Å². The van der Waals surface area contributed by atoms with E-state index in [9.17, 15) is 0 Å². The Balaban J connectivity index is 1.07. The Morgan fingerprint density at radius 2 is 1.30 bits per heavy atom. The predicted octanol–water partition coefficient (Wildman–Crippen LogP) is 15.3. The highest BCUT2D eigenvalue weighted by atomic mass is 32.1. The minimum absolute atomic E-state index is 0.558. The van der Waals surface area contributed by atoms with Crippen LogP contribution in [0.15, 0.2) is 174 Å². The second-order valence-electron chi connectivity index (χ2n) is 17.1. The Morgan fingerprint density at radius 1 is 0.561 bits per heavy atom. The van der Waals surface area contributed by atoms with Crippen LogP contribution >= 0.6 is 11.3 Å². The van der Waals surface area contributed by atoms with E-state index >= 15 is 0 Å². The number of hydrogen-bond donors (Lipinski definition) is 0. The SMILES string of the molecule is C1#CC/C(n2c3ccccc3c3cccc(-n4c5c(c6cccc(-c7nc(-c8ccc9sc%10ccccc%10c9c8)nc(-c8cccc9c8oc8ccccc89)n7)c64)C=CCC5)c32)=C\C=C/C1. The van der Waals surface area contributed by atoms with E-state index in [4.69, 9.17) is 19.4 Å². The summed E-state index contributed by atoms with van der Waals surface area (Å²) < 4.78 is 14.1. The van der Waals surface area contributed by atoms with Crippen LogP contribution in [0, 0.1) is 11.8 Å². The van der Waals surface area contributed by atoms with Crippen molar-refractivity contribution in [2.75, 3.05) is 0 Å². The second-order valence-corrected chi connectivity index (χ2v) is 18.2. The monoisotopic (exact) mass is 863 g/mol. The topological polar surface area (TPSA) is 61.7 Å². The first kappa shape index (κ1) is 37.1. The molecule has 14 rings (SSSR count). The third kappa shape index (κ3) is 5.59. The number of benzene rings is 7. The molecule has 12 aromatic rings. The number of nitrogens with zero attached hydrogens (tertiary/aromatic N) is 5. The van der Waals surface area contributed by atoms with Gasteiger partial charge >= 0.3 is 0 Å². The average Bonchev–Trinajstić information content (AvgIpc) is 4.12. The van der Waals surface area contributed by atoms with Crippen molar-refractivity contribution >= 4 is 97.9 Å². The van der Waals surface area contributed by atoms with E-state index in [-0.39, 0.29) is 0 Å². The Morgan fingerprint density at radius 3 is 2.24 bits per heavy atom. The van der Waals surface area contributed by atoms with Crippen molar-refractivity contribution in [1.82, 2.24) is 24.1 Å². The van der Waals surface area contributed by atoms with Gasteiger partial charge in [-0.15, -0.1) is 11.3 Å². The van der Waals surface area contributed by atoms with Gasteiger partial charge in [-0.2, -0.15) is 0 Å². The molecule has 0 fully saturated rings. The van der Waals surface area contributed by atoms with Gasteiger partial charge in [-0.05, 0) is 73.5 Å². The molecule has 6 nitrogen and oxygen atoms in total. The molecule has 0 saturated heterocycles. The van der Waals surface area contributed by atoms with Crippen molar-refractivity contribution in [2.45, 2.75) is 25.7 Å². The maximum Gasteiger partial charge on any atom is 0.167 e. The van der Waals surface area contributed by atoms with Crippen molar-refractivity contribution in [3.05, 3.63) is 181 Å². The predicted molar refractivity (Wildman–Crippen MR) is 274 cm³/mol. The Kier molecular flexibility index (Phi) is 8.21. The zero-order valence-corrected chi connectivity index (χ0v) is 36.4. The molecule has 5 heterocycles. The minimum Gasteiger partial charge on any atom is -0.455 e. The molecule has 7 heteroatoms. The van der Waals surface area contributed by atoms with Crippen LogP contribution in [0.5, 0.6) is 0 Å². The minimum atomic E-state index is 0.558. The summed E-state index contributed by atoms with van der Waals surface area (Å²) in [5, 5.41) is 8.07. The lowest BCUT2D eigenvalue weighted by Gasteiger charge is -2.19. The van der Waals surface area contributed by atoms with Crippen LogP contribution in [-0.4, -0.2) is 24.1 Å². The molecule has 0 N–H and O–H groups in total. The van der Waals surface area contributed by atoms with E-state index in [2.05, 4.69) is 185 Å². The van der Waals surface area contributed by atoms with E-state index in [0.717, 1.165) is 91.2 Å². The fraction of sp³-hybridized carbons (Fsp3) is 0.0678. The summed E-state index contributed by atoms with van der Waals surface area (Å²) in [4.78, 5) is 16.3. The van der Waals surface area contributed by atoms with E-state index < -0.39 is 0 Å². The zero-order valence-electron chi connectivity index (χ0n) is 35.6. The van der Waals surface area contributed by atoms with Gasteiger partial charge < -0.3 is 13.6 Å². The van der Waals surface area contributed by atoms with Gasteiger partial charge in [-0.25, -0.2) is 15.0 Å². The van der Waals surface area contributed by atoms with E-state index in [1.165, 1.54) is 42.2 Å². The van der Waals surface area contributed by atoms with Gasteiger partial charge in [0.15, 0.2) is 17.5 Å². The summed E-state index contributed by atoms with van der Waals surface area (Å²) in [6, 6.07) is 51.8. The molecule has 0 atom stereocenters. The molecule has 0 spiro atoms. The number of rotatable bonds is 5. The molecule has 2 aliphatic carbocycles. The van der Waals surface area contributed by atoms with Crippen molar-refractivity contribution in [2.24, 2.45) is 0 Å². The van der Waals surface area contributed by atoms with Gasteiger partial charge in [0.2, 0.25) is 0 Å². The molecule has 7 aromatic carbocycles. The first-order valence-electron chi connectivity index (χ1n) is 22.5. The van der Waals surface area contributed by atoms with Gasteiger partial charge in [0, 0.05) is 88.0 Å². The summed E-state index contributed by atoms with van der Waals surface area (Å²) in [7, 11) is 0. The third-order valence-corrected chi connectivity index (χ3v) is 14.5. The first-order valence-corrected chi connectivity index (χ1v) is 23.3. The highest BCUT2D eigenvalue weighted by Gasteiger charge is 2.27. The highest BCUT2D eigenvalue weighted by Crippen LogP contribution is 2.44. The molecular formula is C59H37N5OS. The lowest BCUT2D eigenvalue weighted by atomic mass is 10.0.